The summed E-state index contributed by atoms with van der Waals surface area (Å²) in [7, 11) is 1.58. The van der Waals surface area contributed by atoms with E-state index in [0.29, 0.717) is 12.4 Å². The van der Waals surface area contributed by atoms with E-state index in [9.17, 15) is 8.42 Å². The Morgan fingerprint density at radius 3 is 2.00 bits per heavy atom. The fraction of sp³-hybridized carbons (Fsp3) is 0.200. The smallest absolute Gasteiger partial charge is 0.235 e. The second kappa shape index (κ2) is 7.33. The summed E-state index contributed by atoms with van der Waals surface area (Å²) in [4.78, 5) is 0. The Morgan fingerprint density at radius 2 is 1.43 bits per heavy atom. The standard InChI is InChI=1S/C15H15ClO4S/c16-21(17,18)11-10-19-14-6-8-15(9-7-14)20-12-13-4-2-1-3-5-13/h1-9H,10-12H2. The van der Waals surface area contributed by atoms with Gasteiger partial charge in [-0.2, -0.15) is 0 Å². The van der Waals surface area contributed by atoms with Gasteiger partial charge in [-0.1, -0.05) is 30.3 Å². The molecule has 4 nitrogen and oxygen atoms in total. The molecule has 0 unspecified atom stereocenters. The molecule has 0 saturated carbocycles. The molecular weight excluding hydrogens is 312 g/mol. The van der Waals surface area contributed by atoms with Gasteiger partial charge in [0.15, 0.2) is 0 Å². The summed E-state index contributed by atoms with van der Waals surface area (Å²) >= 11 is 0. The summed E-state index contributed by atoms with van der Waals surface area (Å²) in [6.45, 7) is 0.515. The summed E-state index contributed by atoms with van der Waals surface area (Å²) in [5.74, 6) is 1.07. The highest BCUT2D eigenvalue weighted by Crippen LogP contribution is 2.18. The fourth-order valence-electron chi connectivity index (χ4n) is 1.63. The summed E-state index contributed by atoms with van der Waals surface area (Å²) in [6.07, 6.45) is 0. The van der Waals surface area contributed by atoms with Crippen LogP contribution >= 0.6 is 10.7 Å². The second-order valence-electron chi connectivity index (χ2n) is 4.34. The molecule has 0 spiro atoms. The monoisotopic (exact) mass is 326 g/mol. The molecule has 0 amide bonds. The zero-order chi connectivity index (χ0) is 15.1. The van der Waals surface area contributed by atoms with Crippen LogP contribution in [0.2, 0.25) is 0 Å². The highest BCUT2D eigenvalue weighted by atomic mass is 35.7. The Kier molecular flexibility index (Phi) is 5.47. The van der Waals surface area contributed by atoms with Gasteiger partial charge in [-0.25, -0.2) is 8.42 Å². The minimum atomic E-state index is -3.52. The van der Waals surface area contributed by atoms with E-state index in [-0.39, 0.29) is 12.4 Å². The van der Waals surface area contributed by atoms with Crippen LogP contribution in [0.25, 0.3) is 0 Å². The number of hydrogen-bond acceptors (Lipinski definition) is 4. The van der Waals surface area contributed by atoms with E-state index in [1.807, 2.05) is 30.3 Å². The minimum absolute atomic E-state index is 0.0239. The number of rotatable bonds is 7. The quantitative estimate of drug-likeness (QED) is 0.733. The van der Waals surface area contributed by atoms with Gasteiger partial charge in [0.05, 0.1) is 5.75 Å². The van der Waals surface area contributed by atoms with Crippen LogP contribution in [0.4, 0.5) is 0 Å². The molecule has 0 saturated heterocycles. The molecule has 0 N–H and O–H groups in total. The maximum Gasteiger partial charge on any atom is 0.235 e. The van der Waals surface area contributed by atoms with Gasteiger partial charge in [0.25, 0.3) is 0 Å². The molecule has 0 aliphatic heterocycles. The van der Waals surface area contributed by atoms with Crippen molar-refractivity contribution < 1.29 is 17.9 Å². The summed E-state index contributed by atoms with van der Waals surface area (Å²) in [6, 6.07) is 16.8. The van der Waals surface area contributed by atoms with E-state index in [1.54, 1.807) is 24.3 Å². The lowest BCUT2D eigenvalue weighted by Crippen LogP contribution is -2.08. The number of ether oxygens (including phenoxy) is 2. The molecule has 0 aliphatic carbocycles. The van der Waals surface area contributed by atoms with Crippen molar-refractivity contribution in [1.29, 1.82) is 0 Å². The Hall–Kier alpha value is -1.72. The Morgan fingerprint density at radius 1 is 0.857 bits per heavy atom. The number of benzene rings is 2. The van der Waals surface area contributed by atoms with Crippen molar-refractivity contribution in [2.24, 2.45) is 0 Å². The van der Waals surface area contributed by atoms with Gasteiger partial charge in [0.2, 0.25) is 9.05 Å². The zero-order valence-corrected chi connectivity index (χ0v) is 12.8. The topological polar surface area (TPSA) is 52.6 Å². The molecular formula is C15H15ClO4S. The molecule has 2 aromatic rings. The summed E-state index contributed by atoms with van der Waals surface area (Å²) < 4.78 is 32.4. The van der Waals surface area contributed by atoms with E-state index >= 15 is 0 Å². The highest BCUT2D eigenvalue weighted by molar-refractivity contribution is 8.13. The Labute approximate surface area is 128 Å². The van der Waals surface area contributed by atoms with Crippen molar-refractivity contribution in [1.82, 2.24) is 0 Å². The van der Waals surface area contributed by atoms with Crippen molar-refractivity contribution in [3.05, 3.63) is 60.2 Å². The molecule has 2 rings (SSSR count). The first kappa shape index (κ1) is 15.7. The van der Waals surface area contributed by atoms with Gasteiger partial charge < -0.3 is 9.47 Å². The van der Waals surface area contributed by atoms with Crippen LogP contribution in [-0.2, 0) is 15.7 Å². The Bertz CT molecular complexity index is 654. The first-order chi connectivity index (χ1) is 10.0. The molecule has 21 heavy (non-hydrogen) atoms. The molecule has 0 heterocycles. The van der Waals surface area contributed by atoms with Gasteiger partial charge in [-0.15, -0.1) is 0 Å². The predicted molar refractivity (Wildman–Crippen MR) is 82.4 cm³/mol. The first-order valence-electron chi connectivity index (χ1n) is 6.35. The number of hydrogen-bond donors (Lipinski definition) is 0. The van der Waals surface area contributed by atoms with Crippen LogP contribution in [0.3, 0.4) is 0 Å². The average Bonchev–Trinajstić information content (AvgIpc) is 2.46. The van der Waals surface area contributed by atoms with Gasteiger partial charge in [0, 0.05) is 10.7 Å². The molecule has 0 fully saturated rings. The van der Waals surface area contributed by atoms with Gasteiger partial charge >= 0.3 is 0 Å². The van der Waals surface area contributed by atoms with Crippen molar-refractivity contribution in [2.45, 2.75) is 6.61 Å². The largest absolute Gasteiger partial charge is 0.492 e. The van der Waals surface area contributed by atoms with E-state index in [2.05, 4.69) is 0 Å². The summed E-state index contributed by atoms with van der Waals surface area (Å²) in [5, 5.41) is 0. The van der Waals surface area contributed by atoms with Crippen LogP contribution in [0.5, 0.6) is 11.5 Å². The second-order valence-corrected chi connectivity index (χ2v) is 7.23. The predicted octanol–water partition coefficient (Wildman–Crippen LogP) is 3.21. The fourth-order valence-corrected chi connectivity index (χ4v) is 2.10. The van der Waals surface area contributed by atoms with Crippen molar-refractivity contribution in [3.8, 4) is 11.5 Å². The average molecular weight is 327 g/mol. The molecule has 0 aromatic heterocycles. The van der Waals surface area contributed by atoms with Crippen LogP contribution in [0, 0.1) is 0 Å². The van der Waals surface area contributed by atoms with Crippen molar-refractivity contribution >= 4 is 19.7 Å². The van der Waals surface area contributed by atoms with Crippen LogP contribution in [0.1, 0.15) is 5.56 Å². The van der Waals surface area contributed by atoms with E-state index in [0.717, 1.165) is 11.3 Å². The van der Waals surface area contributed by atoms with Gasteiger partial charge in [-0.05, 0) is 29.8 Å². The molecule has 2 aromatic carbocycles. The third-order valence-corrected chi connectivity index (χ3v) is 3.79. The molecule has 0 radical (unpaired) electrons. The lowest BCUT2D eigenvalue weighted by molar-refractivity contribution is 0.304. The maximum atomic E-state index is 10.8. The molecule has 6 heteroatoms. The SMILES string of the molecule is O=S(=O)(Cl)CCOc1ccc(OCc2ccccc2)cc1. The lowest BCUT2D eigenvalue weighted by Gasteiger charge is -2.08. The van der Waals surface area contributed by atoms with Crippen LogP contribution in [-0.4, -0.2) is 20.8 Å². The first-order valence-corrected chi connectivity index (χ1v) is 8.83. The van der Waals surface area contributed by atoms with Gasteiger partial charge in [-0.3, -0.25) is 0 Å². The van der Waals surface area contributed by atoms with E-state index in [1.165, 1.54) is 0 Å². The van der Waals surface area contributed by atoms with Crippen molar-refractivity contribution in [2.75, 3.05) is 12.4 Å². The van der Waals surface area contributed by atoms with Crippen LogP contribution < -0.4 is 9.47 Å². The normalized spacial score (nSPS) is 11.1. The van der Waals surface area contributed by atoms with E-state index in [4.69, 9.17) is 20.2 Å². The molecule has 0 bridgehead atoms. The minimum Gasteiger partial charge on any atom is -0.492 e. The zero-order valence-electron chi connectivity index (χ0n) is 11.2. The van der Waals surface area contributed by atoms with E-state index < -0.39 is 9.05 Å². The lowest BCUT2D eigenvalue weighted by atomic mass is 10.2. The third kappa shape index (κ3) is 6.06. The van der Waals surface area contributed by atoms with Crippen molar-refractivity contribution in [3.63, 3.8) is 0 Å². The van der Waals surface area contributed by atoms with Gasteiger partial charge in [0.1, 0.15) is 24.7 Å². The summed E-state index contributed by atoms with van der Waals surface area (Å²) in [5.41, 5.74) is 1.09. The Balaban J connectivity index is 1.82. The highest BCUT2D eigenvalue weighted by Gasteiger charge is 2.05. The third-order valence-electron chi connectivity index (χ3n) is 2.67. The molecule has 0 atom stereocenters. The molecule has 112 valence electrons. The van der Waals surface area contributed by atoms with Crippen LogP contribution in [0.15, 0.2) is 54.6 Å². The molecule has 0 aliphatic rings. The number of halogens is 1. The maximum absolute atomic E-state index is 10.8.